The summed E-state index contributed by atoms with van der Waals surface area (Å²) < 4.78 is 11.9. The van der Waals surface area contributed by atoms with Crippen molar-refractivity contribution in [1.82, 2.24) is 0 Å². The molecule has 0 bridgehead atoms. The molecule has 7 heteroatoms. The summed E-state index contributed by atoms with van der Waals surface area (Å²) in [4.78, 5) is 38.5. The quantitative estimate of drug-likeness (QED) is 0.306. The number of carboxylic acids is 1. The Balaban J connectivity index is 1.65. The first kappa shape index (κ1) is 30.6. The van der Waals surface area contributed by atoms with Gasteiger partial charge in [-0.05, 0) is 92.3 Å². The van der Waals surface area contributed by atoms with Crippen LogP contribution in [0.4, 0.5) is 0 Å². The van der Waals surface area contributed by atoms with E-state index in [9.17, 15) is 24.6 Å². The van der Waals surface area contributed by atoms with Crippen LogP contribution < -0.4 is 0 Å². The second-order valence-corrected chi connectivity index (χ2v) is 15.9. The van der Waals surface area contributed by atoms with Crippen molar-refractivity contribution in [2.24, 2.45) is 56.7 Å². The molecule has 5 fully saturated rings. The van der Waals surface area contributed by atoms with Gasteiger partial charge in [-0.1, -0.05) is 46.8 Å². The number of fused-ring (bicyclic) bond motifs is 7. The summed E-state index contributed by atoms with van der Waals surface area (Å²) >= 11 is 0. The molecular weight excluding hydrogens is 520 g/mol. The second-order valence-electron chi connectivity index (χ2n) is 15.9. The summed E-state index contributed by atoms with van der Waals surface area (Å²) in [6.45, 7) is 20.1. The third-order valence-electron chi connectivity index (χ3n) is 14.1. The zero-order valence-corrected chi connectivity index (χ0v) is 26.4. The predicted molar refractivity (Wildman–Crippen MR) is 154 cm³/mol. The number of esters is 2. The number of rotatable bonds is 4. The minimum absolute atomic E-state index is 0.0143. The Morgan fingerprint density at radius 3 is 1.98 bits per heavy atom. The number of carboxylic acid groups (broad SMARTS) is 1. The van der Waals surface area contributed by atoms with Gasteiger partial charge in [-0.3, -0.25) is 14.4 Å². The van der Waals surface area contributed by atoms with Crippen LogP contribution in [0.5, 0.6) is 0 Å². The van der Waals surface area contributed by atoms with Gasteiger partial charge in [-0.15, -0.1) is 0 Å². The lowest BCUT2D eigenvalue weighted by molar-refractivity contribution is -0.281. The minimum atomic E-state index is -0.988. The van der Waals surface area contributed by atoms with Crippen LogP contribution in [0.15, 0.2) is 12.2 Å². The molecule has 41 heavy (non-hydrogen) atoms. The third kappa shape index (κ3) is 3.88. The number of aliphatic hydroxyl groups is 1. The molecule has 0 heterocycles. The van der Waals surface area contributed by atoms with Crippen LogP contribution in [-0.2, 0) is 23.9 Å². The average Bonchev–Trinajstić information content (AvgIpc) is 3.12. The molecule has 2 N–H and O–H groups in total. The fourth-order valence-electron chi connectivity index (χ4n) is 12.2. The van der Waals surface area contributed by atoms with Gasteiger partial charge in [0.25, 0.3) is 0 Å². The number of aliphatic hydroxyl groups excluding tert-OH is 1. The van der Waals surface area contributed by atoms with Gasteiger partial charge in [0.05, 0.1) is 11.5 Å². The first-order valence-corrected chi connectivity index (χ1v) is 15.8. The number of ether oxygens (including phenoxy) is 2. The first-order valence-electron chi connectivity index (χ1n) is 15.8. The standard InChI is InChI=1S/C34H52O7/c1-18(2)21-16-25(37)31(7)14-15-32(8)22(28(21)31)10-11-24-33(9)23(12-13-34(24,32)29(38)39)30(5,6)26(40-19(3)35)17-27(33)41-20(4)36/h21-28,37H,1,10-17H2,2-9H3,(H,38,39)/t21-,22+,23-,24+,25?,26?,27?,28+,31-,32+,33-,34+/m0/s1. The molecule has 0 amide bonds. The molecule has 5 aliphatic carbocycles. The number of carbonyl (C=O) groups excluding carboxylic acids is 2. The van der Waals surface area contributed by atoms with Crippen molar-refractivity contribution >= 4 is 17.9 Å². The molecule has 7 nitrogen and oxygen atoms in total. The fourth-order valence-corrected chi connectivity index (χ4v) is 12.2. The van der Waals surface area contributed by atoms with Gasteiger partial charge < -0.3 is 19.7 Å². The van der Waals surface area contributed by atoms with Crippen LogP contribution in [0.25, 0.3) is 0 Å². The van der Waals surface area contributed by atoms with Gasteiger partial charge in [0.2, 0.25) is 0 Å². The van der Waals surface area contributed by atoms with Crippen LogP contribution in [0.2, 0.25) is 0 Å². The largest absolute Gasteiger partial charge is 0.481 e. The second kappa shape index (κ2) is 9.56. The summed E-state index contributed by atoms with van der Waals surface area (Å²) in [6.07, 6.45) is 4.09. The highest BCUT2D eigenvalue weighted by Crippen LogP contribution is 2.78. The molecule has 0 aromatic rings. The van der Waals surface area contributed by atoms with Crippen molar-refractivity contribution in [2.45, 2.75) is 125 Å². The topological polar surface area (TPSA) is 110 Å². The van der Waals surface area contributed by atoms with E-state index in [1.807, 2.05) is 0 Å². The van der Waals surface area contributed by atoms with Crippen LogP contribution >= 0.6 is 0 Å². The summed E-state index contributed by atoms with van der Waals surface area (Å²) in [5.74, 6) is -1.13. The summed E-state index contributed by atoms with van der Waals surface area (Å²) in [5, 5.41) is 22.7. The van der Waals surface area contributed by atoms with Crippen molar-refractivity contribution in [3.63, 3.8) is 0 Å². The van der Waals surface area contributed by atoms with Crippen molar-refractivity contribution in [2.75, 3.05) is 0 Å². The first-order chi connectivity index (χ1) is 18.9. The number of hydrogen-bond acceptors (Lipinski definition) is 6. The zero-order valence-electron chi connectivity index (χ0n) is 26.4. The van der Waals surface area contributed by atoms with Crippen LogP contribution in [0, 0.1) is 56.7 Å². The Hall–Kier alpha value is -1.89. The van der Waals surface area contributed by atoms with E-state index in [-0.39, 0.29) is 46.9 Å². The molecule has 230 valence electrons. The van der Waals surface area contributed by atoms with Gasteiger partial charge in [-0.25, -0.2) is 0 Å². The van der Waals surface area contributed by atoms with E-state index in [0.717, 1.165) is 31.3 Å². The van der Waals surface area contributed by atoms with Gasteiger partial charge in [0.15, 0.2) is 0 Å². The Kier molecular flexibility index (Phi) is 7.12. The number of aliphatic carboxylic acids is 1. The maximum atomic E-state index is 13.9. The Labute approximate surface area is 245 Å². The molecule has 0 spiro atoms. The van der Waals surface area contributed by atoms with Gasteiger partial charge in [0, 0.05) is 31.1 Å². The van der Waals surface area contributed by atoms with Gasteiger partial charge >= 0.3 is 17.9 Å². The molecule has 5 aliphatic rings. The highest BCUT2D eigenvalue weighted by molar-refractivity contribution is 5.77. The van der Waals surface area contributed by atoms with E-state index in [1.54, 1.807) is 0 Å². The number of allylic oxidation sites excluding steroid dienone is 1. The zero-order chi connectivity index (χ0) is 30.5. The van der Waals surface area contributed by atoms with Gasteiger partial charge in [-0.2, -0.15) is 0 Å². The molecule has 0 saturated heterocycles. The van der Waals surface area contributed by atoms with Crippen molar-refractivity contribution in [3.8, 4) is 0 Å². The monoisotopic (exact) mass is 572 g/mol. The molecule has 3 unspecified atom stereocenters. The number of hydrogen-bond donors (Lipinski definition) is 2. The molecule has 0 radical (unpaired) electrons. The van der Waals surface area contributed by atoms with E-state index in [0.29, 0.717) is 25.7 Å². The van der Waals surface area contributed by atoms with Crippen LogP contribution in [0.1, 0.15) is 107 Å². The van der Waals surface area contributed by atoms with E-state index >= 15 is 0 Å². The summed E-state index contributed by atoms with van der Waals surface area (Å²) in [5.41, 5.74) is -1.63. The molecule has 5 saturated carbocycles. The van der Waals surface area contributed by atoms with E-state index < -0.39 is 45.9 Å². The molecule has 0 aliphatic heterocycles. The number of carbonyl (C=O) groups is 3. The van der Waals surface area contributed by atoms with E-state index in [2.05, 4.69) is 48.1 Å². The Morgan fingerprint density at radius 2 is 1.41 bits per heavy atom. The maximum Gasteiger partial charge on any atom is 0.310 e. The normalized spacial score (nSPS) is 49.9. The Morgan fingerprint density at radius 1 is 0.805 bits per heavy atom. The molecular formula is C34H52O7. The summed E-state index contributed by atoms with van der Waals surface area (Å²) in [7, 11) is 0. The lowest BCUT2D eigenvalue weighted by atomic mass is 9.31. The van der Waals surface area contributed by atoms with Gasteiger partial charge in [0.1, 0.15) is 12.2 Å². The van der Waals surface area contributed by atoms with E-state index in [4.69, 9.17) is 9.47 Å². The lowest BCUT2D eigenvalue weighted by Gasteiger charge is -2.72. The average molecular weight is 573 g/mol. The van der Waals surface area contributed by atoms with E-state index in [1.165, 1.54) is 13.8 Å². The van der Waals surface area contributed by atoms with Crippen molar-refractivity contribution in [1.29, 1.82) is 0 Å². The fraction of sp³-hybridized carbons (Fsp3) is 0.853. The predicted octanol–water partition coefficient (Wildman–Crippen LogP) is 6.17. The van der Waals surface area contributed by atoms with Crippen LogP contribution in [0.3, 0.4) is 0 Å². The van der Waals surface area contributed by atoms with Crippen LogP contribution in [-0.4, -0.2) is 46.4 Å². The highest BCUT2D eigenvalue weighted by atomic mass is 16.6. The summed E-state index contributed by atoms with van der Waals surface area (Å²) in [6, 6.07) is 0. The maximum absolute atomic E-state index is 13.9. The molecule has 0 aromatic heterocycles. The molecule has 5 rings (SSSR count). The molecule has 0 aromatic carbocycles. The SMILES string of the molecule is C=C(C)[C@@H]1CC(O)[C@]2(C)CC[C@]3(C)[C@H](CC[C@@H]4[C@@]5(C)C(OC(C)=O)CC(OC(C)=O)C(C)(C)[C@@H]5CC[C@]43C(=O)O)[C@@H]12. The third-order valence-corrected chi connectivity index (χ3v) is 14.1. The smallest absolute Gasteiger partial charge is 0.310 e. The van der Waals surface area contributed by atoms with Crippen molar-refractivity contribution < 1.29 is 34.1 Å². The Bertz CT molecular complexity index is 1140. The minimum Gasteiger partial charge on any atom is -0.481 e. The molecule has 12 atom stereocenters. The van der Waals surface area contributed by atoms with Crippen molar-refractivity contribution in [3.05, 3.63) is 12.2 Å². The lowest BCUT2D eigenvalue weighted by Crippen LogP contribution is -2.72. The highest BCUT2D eigenvalue weighted by Gasteiger charge is 2.77.